The van der Waals surface area contributed by atoms with E-state index in [1.807, 2.05) is 24.3 Å². The van der Waals surface area contributed by atoms with Crippen LogP contribution < -0.4 is 4.90 Å². The van der Waals surface area contributed by atoms with Gasteiger partial charge in [-0.3, -0.25) is 0 Å². The molecule has 0 bridgehead atoms. The van der Waals surface area contributed by atoms with Crippen molar-refractivity contribution in [2.45, 2.75) is 0 Å². The van der Waals surface area contributed by atoms with Gasteiger partial charge in [0.25, 0.3) is 0 Å². The molecule has 0 N–H and O–H groups in total. The molecule has 0 saturated carbocycles. The van der Waals surface area contributed by atoms with Crippen LogP contribution in [0, 0.1) is 0 Å². The van der Waals surface area contributed by atoms with Crippen LogP contribution in [0.15, 0.2) is 185 Å². The highest BCUT2D eigenvalue weighted by Crippen LogP contribution is 2.43. The molecule has 0 amide bonds. The molecule has 0 radical (unpaired) electrons. The lowest BCUT2D eigenvalue weighted by molar-refractivity contribution is 0.668. The fourth-order valence-electron chi connectivity index (χ4n) is 7.31. The maximum atomic E-state index is 6.56. The van der Waals surface area contributed by atoms with Crippen LogP contribution in [-0.4, -0.2) is 0 Å². The molecule has 0 aliphatic heterocycles. The lowest BCUT2D eigenvalue weighted by Gasteiger charge is -2.26. The number of nitrogens with zero attached hydrogens (tertiary/aromatic N) is 1. The summed E-state index contributed by atoms with van der Waals surface area (Å²) in [5.41, 5.74) is 11.3. The molecule has 3 heteroatoms. The van der Waals surface area contributed by atoms with Crippen LogP contribution in [0.4, 0.5) is 17.1 Å². The van der Waals surface area contributed by atoms with Crippen molar-refractivity contribution in [3.63, 3.8) is 0 Å². The monoisotopic (exact) mass is 627 g/mol. The van der Waals surface area contributed by atoms with Crippen molar-refractivity contribution < 1.29 is 8.83 Å². The summed E-state index contributed by atoms with van der Waals surface area (Å²) in [5, 5.41) is 6.96. The van der Waals surface area contributed by atoms with E-state index in [0.29, 0.717) is 0 Å². The topological polar surface area (TPSA) is 29.5 Å². The number of para-hydroxylation sites is 3. The van der Waals surface area contributed by atoms with E-state index < -0.39 is 0 Å². The molecule has 2 heterocycles. The van der Waals surface area contributed by atoms with Crippen LogP contribution >= 0.6 is 0 Å². The minimum atomic E-state index is 0.864. The maximum absolute atomic E-state index is 6.56. The van der Waals surface area contributed by atoms with Crippen LogP contribution in [0.1, 0.15) is 0 Å². The SMILES string of the molecule is c1ccc2c(-c3ccc(N(c4ccc(-c5ccc6oc7ccccc7c6c5)cc4)c4cccc5c4oc4ccccc45)cc3)cccc2c1. The Labute approximate surface area is 282 Å². The number of fused-ring (bicyclic) bond motifs is 7. The standard InChI is InChI=1S/C46H29NO2/c1-2-11-36-31(9-1)10-7-14-37(36)32-21-26-35(27-22-32)47(42-16-8-15-40-38-12-3-6-18-44(38)49-46(40)42)34-24-19-30(20-25-34)33-23-28-45-41(29-33)39-13-4-5-17-43(39)48-45/h1-29H. The molecular weight excluding hydrogens is 599 g/mol. The normalized spacial score (nSPS) is 11.7. The van der Waals surface area contributed by atoms with Gasteiger partial charge in [0.15, 0.2) is 5.58 Å². The molecule has 0 spiro atoms. The molecule has 0 aliphatic rings. The van der Waals surface area contributed by atoms with Crippen molar-refractivity contribution in [3.8, 4) is 22.3 Å². The quantitative estimate of drug-likeness (QED) is 0.190. The molecule has 8 aromatic carbocycles. The molecule has 0 saturated heterocycles. The summed E-state index contributed by atoms with van der Waals surface area (Å²) in [6.45, 7) is 0. The zero-order valence-corrected chi connectivity index (χ0v) is 26.5. The zero-order valence-electron chi connectivity index (χ0n) is 26.5. The average Bonchev–Trinajstić information content (AvgIpc) is 3.74. The van der Waals surface area contributed by atoms with E-state index in [0.717, 1.165) is 72.1 Å². The first-order valence-electron chi connectivity index (χ1n) is 16.6. The van der Waals surface area contributed by atoms with E-state index in [4.69, 9.17) is 8.83 Å². The summed E-state index contributed by atoms with van der Waals surface area (Å²) < 4.78 is 12.7. The Hall–Kier alpha value is -6.58. The second-order valence-corrected chi connectivity index (χ2v) is 12.5. The molecule has 49 heavy (non-hydrogen) atoms. The highest BCUT2D eigenvalue weighted by molar-refractivity contribution is 6.10. The van der Waals surface area contributed by atoms with Gasteiger partial charge in [-0.1, -0.05) is 121 Å². The molecule has 2 aromatic heterocycles. The highest BCUT2D eigenvalue weighted by Gasteiger charge is 2.20. The van der Waals surface area contributed by atoms with Crippen LogP contribution in [0.3, 0.4) is 0 Å². The molecule has 0 aliphatic carbocycles. The molecule has 3 nitrogen and oxygen atoms in total. The highest BCUT2D eigenvalue weighted by atomic mass is 16.3. The molecule has 0 fully saturated rings. The Balaban J connectivity index is 1.10. The number of hydrogen-bond acceptors (Lipinski definition) is 3. The molecule has 10 aromatic rings. The van der Waals surface area contributed by atoms with E-state index in [9.17, 15) is 0 Å². The third-order valence-corrected chi connectivity index (χ3v) is 9.69. The predicted molar refractivity (Wildman–Crippen MR) is 204 cm³/mol. The zero-order chi connectivity index (χ0) is 32.3. The second-order valence-electron chi connectivity index (χ2n) is 12.5. The van der Waals surface area contributed by atoms with Gasteiger partial charge in [0.1, 0.15) is 16.7 Å². The smallest absolute Gasteiger partial charge is 0.159 e. The lowest BCUT2D eigenvalue weighted by atomic mass is 9.98. The molecule has 0 atom stereocenters. The van der Waals surface area contributed by atoms with Gasteiger partial charge in [-0.2, -0.15) is 0 Å². The minimum absolute atomic E-state index is 0.864. The summed E-state index contributed by atoms with van der Waals surface area (Å²) >= 11 is 0. The second kappa shape index (κ2) is 11.0. The largest absolute Gasteiger partial charge is 0.456 e. The van der Waals surface area contributed by atoms with Gasteiger partial charge in [0.2, 0.25) is 0 Å². The van der Waals surface area contributed by atoms with E-state index >= 15 is 0 Å². The lowest BCUT2D eigenvalue weighted by Crippen LogP contribution is -2.10. The van der Waals surface area contributed by atoms with Gasteiger partial charge in [-0.05, 0) is 87.6 Å². The van der Waals surface area contributed by atoms with Crippen molar-refractivity contribution >= 4 is 71.7 Å². The Morgan fingerprint density at radius 3 is 1.67 bits per heavy atom. The number of rotatable bonds is 5. The fourth-order valence-corrected chi connectivity index (χ4v) is 7.31. The third-order valence-electron chi connectivity index (χ3n) is 9.69. The summed E-state index contributed by atoms with van der Waals surface area (Å²) in [4.78, 5) is 2.30. The van der Waals surface area contributed by atoms with Crippen LogP contribution in [-0.2, 0) is 0 Å². The number of furan rings is 2. The average molecular weight is 628 g/mol. The summed E-state index contributed by atoms with van der Waals surface area (Å²) in [6.07, 6.45) is 0. The van der Waals surface area contributed by atoms with Gasteiger partial charge < -0.3 is 13.7 Å². The van der Waals surface area contributed by atoms with E-state index in [1.165, 1.54) is 21.9 Å². The summed E-state index contributed by atoms with van der Waals surface area (Å²) in [7, 11) is 0. The van der Waals surface area contributed by atoms with Crippen LogP contribution in [0.25, 0.3) is 76.9 Å². The maximum Gasteiger partial charge on any atom is 0.159 e. The molecule has 0 unspecified atom stereocenters. The first kappa shape index (κ1) is 27.5. The Morgan fingerprint density at radius 1 is 0.347 bits per heavy atom. The van der Waals surface area contributed by atoms with Crippen LogP contribution in [0.5, 0.6) is 0 Å². The summed E-state index contributed by atoms with van der Waals surface area (Å²) in [5.74, 6) is 0. The first-order valence-corrected chi connectivity index (χ1v) is 16.6. The third kappa shape index (κ3) is 4.51. The molecule has 230 valence electrons. The van der Waals surface area contributed by atoms with E-state index in [1.54, 1.807) is 0 Å². The predicted octanol–water partition coefficient (Wildman–Crippen LogP) is 13.4. The van der Waals surface area contributed by atoms with Gasteiger partial charge in [-0.25, -0.2) is 0 Å². The van der Waals surface area contributed by atoms with Gasteiger partial charge in [0, 0.05) is 32.9 Å². The van der Waals surface area contributed by atoms with Gasteiger partial charge in [0.05, 0.1) is 5.69 Å². The molecule has 10 rings (SSSR count). The number of benzene rings is 8. The van der Waals surface area contributed by atoms with Crippen molar-refractivity contribution in [1.82, 2.24) is 0 Å². The van der Waals surface area contributed by atoms with Crippen molar-refractivity contribution in [2.75, 3.05) is 4.90 Å². The Kier molecular flexibility index (Phi) is 6.18. The first-order chi connectivity index (χ1) is 24.3. The van der Waals surface area contributed by atoms with Crippen molar-refractivity contribution in [3.05, 3.63) is 176 Å². The van der Waals surface area contributed by atoms with Gasteiger partial charge >= 0.3 is 0 Å². The summed E-state index contributed by atoms with van der Waals surface area (Å²) in [6, 6.07) is 62.1. The fraction of sp³-hybridized carbons (Fsp3) is 0. The minimum Gasteiger partial charge on any atom is -0.456 e. The Morgan fingerprint density at radius 2 is 0.898 bits per heavy atom. The molecular formula is C46H29NO2. The number of anilines is 3. The number of hydrogen-bond donors (Lipinski definition) is 0. The van der Waals surface area contributed by atoms with Gasteiger partial charge in [-0.15, -0.1) is 0 Å². The van der Waals surface area contributed by atoms with Crippen molar-refractivity contribution in [2.24, 2.45) is 0 Å². The van der Waals surface area contributed by atoms with E-state index in [2.05, 4.69) is 157 Å². The van der Waals surface area contributed by atoms with E-state index in [-0.39, 0.29) is 0 Å². The van der Waals surface area contributed by atoms with Crippen molar-refractivity contribution in [1.29, 1.82) is 0 Å². The van der Waals surface area contributed by atoms with Crippen LogP contribution in [0.2, 0.25) is 0 Å². The Bertz CT molecular complexity index is 2820.